The van der Waals surface area contributed by atoms with E-state index >= 15 is 0 Å². The first kappa shape index (κ1) is 20.7. The molecule has 5 aliphatic rings. The number of carbonyl (C=O) groups is 1. The van der Waals surface area contributed by atoms with Crippen molar-refractivity contribution in [1.29, 1.82) is 0 Å². The number of anilines is 1. The van der Waals surface area contributed by atoms with Crippen LogP contribution in [0.25, 0.3) is 0 Å². The molecule has 0 unspecified atom stereocenters. The minimum absolute atomic E-state index is 0.0578. The van der Waals surface area contributed by atoms with Gasteiger partial charge in [0.05, 0.1) is 11.9 Å². The summed E-state index contributed by atoms with van der Waals surface area (Å²) < 4.78 is 0. The van der Waals surface area contributed by atoms with Gasteiger partial charge in [-0.3, -0.25) is 9.78 Å². The fraction of sp³-hybridized carbons (Fsp3) is 0.643. The van der Waals surface area contributed by atoms with Gasteiger partial charge in [0.2, 0.25) is 5.91 Å². The maximum Gasteiger partial charge on any atom is 0.228 e. The summed E-state index contributed by atoms with van der Waals surface area (Å²) in [4.78, 5) is 20.0. The highest BCUT2D eigenvalue weighted by Crippen LogP contribution is 2.74. The van der Waals surface area contributed by atoms with Crippen molar-refractivity contribution < 1.29 is 4.79 Å². The van der Waals surface area contributed by atoms with E-state index in [4.69, 9.17) is 0 Å². The third-order valence-electron chi connectivity index (χ3n) is 10.4. The van der Waals surface area contributed by atoms with Gasteiger partial charge >= 0.3 is 0 Å². The Bertz CT molecular complexity index is 997. The molecule has 1 aromatic rings. The summed E-state index contributed by atoms with van der Waals surface area (Å²) in [6.45, 7) is 2.42. The smallest absolute Gasteiger partial charge is 0.228 e. The van der Waals surface area contributed by atoms with E-state index in [-0.39, 0.29) is 17.2 Å². The first-order valence-electron chi connectivity index (χ1n) is 12.7. The van der Waals surface area contributed by atoms with E-state index in [0.29, 0.717) is 22.8 Å². The second-order valence-electron chi connectivity index (χ2n) is 11.9. The summed E-state index contributed by atoms with van der Waals surface area (Å²) in [5, 5.41) is 3.18. The monoisotopic (exact) mass is 431 g/mol. The summed E-state index contributed by atoms with van der Waals surface area (Å²) in [6.07, 6.45) is 19.8. The van der Waals surface area contributed by atoms with E-state index in [1.807, 2.05) is 12.1 Å². The quantitative estimate of drug-likeness (QED) is 0.678. The van der Waals surface area contributed by atoms with Gasteiger partial charge in [0.25, 0.3) is 0 Å². The third kappa shape index (κ3) is 2.77. The van der Waals surface area contributed by atoms with Crippen molar-refractivity contribution >= 4 is 11.6 Å². The van der Waals surface area contributed by atoms with Gasteiger partial charge < -0.3 is 10.2 Å². The summed E-state index contributed by atoms with van der Waals surface area (Å²) in [7, 11) is 4.52. The van der Waals surface area contributed by atoms with Gasteiger partial charge in [0.15, 0.2) is 0 Å². The zero-order valence-corrected chi connectivity index (χ0v) is 19.9. The molecule has 3 saturated carbocycles. The number of nitrogens with one attached hydrogen (secondary N) is 1. The van der Waals surface area contributed by atoms with E-state index in [1.54, 1.807) is 23.5 Å². The van der Waals surface area contributed by atoms with Crippen LogP contribution in [-0.4, -0.2) is 35.9 Å². The number of nitrogens with zero attached hydrogens (tertiary/aromatic N) is 2. The van der Waals surface area contributed by atoms with E-state index in [1.165, 1.54) is 44.9 Å². The van der Waals surface area contributed by atoms with Crippen LogP contribution in [0.2, 0.25) is 0 Å². The second-order valence-corrected chi connectivity index (χ2v) is 11.9. The average molecular weight is 432 g/mol. The molecule has 32 heavy (non-hydrogen) atoms. The third-order valence-corrected chi connectivity index (χ3v) is 10.4. The molecule has 1 amide bonds. The van der Waals surface area contributed by atoms with E-state index in [0.717, 1.165) is 18.5 Å². The Morgan fingerprint density at radius 1 is 1.22 bits per heavy atom. The largest absolute Gasteiger partial charge is 0.324 e. The average Bonchev–Trinajstić information content (AvgIpc) is 3.29. The molecule has 0 aromatic carbocycles. The molecule has 170 valence electrons. The van der Waals surface area contributed by atoms with Crippen LogP contribution < -0.4 is 5.32 Å². The number of carbonyl (C=O) groups excluding carboxylic acids is 1. The van der Waals surface area contributed by atoms with Crippen LogP contribution in [0.4, 0.5) is 5.69 Å². The number of hydrogen-bond acceptors (Lipinski definition) is 3. The molecule has 4 nitrogen and oxygen atoms in total. The molecule has 6 rings (SSSR count). The van der Waals surface area contributed by atoms with Crippen LogP contribution in [0.5, 0.6) is 0 Å². The zero-order valence-electron chi connectivity index (χ0n) is 19.9. The predicted molar refractivity (Wildman–Crippen MR) is 128 cm³/mol. The number of fused-ring (bicyclic) bond motifs is 1. The molecule has 0 aliphatic heterocycles. The van der Waals surface area contributed by atoms with Gasteiger partial charge in [0, 0.05) is 18.2 Å². The Labute approximate surface area is 192 Å². The first-order valence-corrected chi connectivity index (χ1v) is 12.7. The Hall–Kier alpha value is -1.94. The Kier molecular flexibility index (Phi) is 4.54. The molecule has 4 heteroatoms. The summed E-state index contributed by atoms with van der Waals surface area (Å²) >= 11 is 0. The number of allylic oxidation sites excluding steroid dienone is 4. The molecule has 1 heterocycles. The fourth-order valence-electron chi connectivity index (χ4n) is 8.82. The van der Waals surface area contributed by atoms with Gasteiger partial charge in [-0.05, 0) is 112 Å². The predicted octanol–water partition coefficient (Wildman–Crippen LogP) is 5.59. The van der Waals surface area contributed by atoms with Crippen LogP contribution >= 0.6 is 0 Å². The van der Waals surface area contributed by atoms with Gasteiger partial charge in [-0.25, -0.2) is 0 Å². The number of rotatable bonds is 3. The molecule has 5 aliphatic carbocycles. The molecular formula is C28H37N3O. The molecule has 6 atom stereocenters. The zero-order chi connectivity index (χ0) is 22.1. The lowest BCUT2D eigenvalue weighted by Crippen LogP contribution is -2.48. The Balaban J connectivity index is 1.31. The van der Waals surface area contributed by atoms with Crippen LogP contribution in [-0.2, 0) is 4.79 Å². The molecule has 1 N–H and O–H groups in total. The highest BCUT2D eigenvalue weighted by molar-refractivity contribution is 5.93. The van der Waals surface area contributed by atoms with Crippen LogP contribution in [0.1, 0.15) is 64.7 Å². The SMILES string of the molecule is CN(C)[C@H]1CCC2=CC3=CC[C@]4(C)[C@@H](C(=O)Nc5cccnc5)CC[C@H]4[C@@]34CC[C@]2(C1)C4. The van der Waals surface area contributed by atoms with Crippen molar-refractivity contribution in [3.8, 4) is 0 Å². The van der Waals surface area contributed by atoms with E-state index in [9.17, 15) is 4.79 Å². The van der Waals surface area contributed by atoms with E-state index in [2.05, 4.69) is 48.4 Å². The molecule has 2 spiro atoms. The normalized spacial score (nSPS) is 41.9. The maximum atomic E-state index is 13.4. The topological polar surface area (TPSA) is 45.2 Å². The fourth-order valence-corrected chi connectivity index (χ4v) is 8.82. The molecule has 2 bridgehead atoms. The lowest BCUT2D eigenvalue weighted by Gasteiger charge is -2.55. The number of aromatic nitrogens is 1. The van der Waals surface area contributed by atoms with Gasteiger partial charge in [-0.2, -0.15) is 0 Å². The highest BCUT2D eigenvalue weighted by Gasteiger charge is 2.65. The molecule has 1 aromatic heterocycles. The number of pyridine rings is 1. The van der Waals surface area contributed by atoms with Crippen LogP contribution in [0.15, 0.2) is 47.8 Å². The molecule has 0 radical (unpaired) electrons. The summed E-state index contributed by atoms with van der Waals surface area (Å²) in [5.41, 5.74) is 4.98. The van der Waals surface area contributed by atoms with Crippen LogP contribution in [0, 0.1) is 28.1 Å². The number of amides is 1. The van der Waals surface area contributed by atoms with E-state index < -0.39 is 0 Å². The van der Waals surface area contributed by atoms with Crippen molar-refractivity contribution in [3.05, 3.63) is 47.8 Å². The van der Waals surface area contributed by atoms with Crippen molar-refractivity contribution in [3.63, 3.8) is 0 Å². The summed E-state index contributed by atoms with van der Waals surface area (Å²) in [6, 6.07) is 4.54. The maximum absolute atomic E-state index is 13.4. The Morgan fingerprint density at radius 3 is 2.88 bits per heavy atom. The molecular weight excluding hydrogens is 394 g/mol. The first-order chi connectivity index (χ1) is 15.4. The van der Waals surface area contributed by atoms with Crippen molar-refractivity contribution in [2.45, 2.75) is 70.8 Å². The number of hydrogen-bond donors (Lipinski definition) is 1. The highest BCUT2D eigenvalue weighted by atomic mass is 16.1. The van der Waals surface area contributed by atoms with Crippen molar-refractivity contribution in [2.24, 2.45) is 28.1 Å². The summed E-state index contributed by atoms with van der Waals surface area (Å²) in [5.74, 6) is 0.903. The van der Waals surface area contributed by atoms with Crippen molar-refractivity contribution in [2.75, 3.05) is 19.4 Å². The molecule has 3 fully saturated rings. The standard InChI is InChI=1S/C28H37N3O/c1-26-11-10-20-15-19-6-7-22(31(2)3)16-27(19)12-13-28(20,18-27)24(26)9-8-23(26)25(32)30-21-5-4-14-29-17-21/h4-5,10,14-15,17,22-24H,6-9,11-13,16,18H2,1-3H3,(H,30,32)/t22-,23+,24+,26+,27-,28+/m0/s1. The minimum atomic E-state index is 0.0578. The molecule has 0 saturated heterocycles. The van der Waals surface area contributed by atoms with Gasteiger partial charge in [-0.15, -0.1) is 0 Å². The van der Waals surface area contributed by atoms with Crippen molar-refractivity contribution in [1.82, 2.24) is 9.88 Å². The lowest BCUT2D eigenvalue weighted by atomic mass is 9.50. The van der Waals surface area contributed by atoms with Gasteiger partial charge in [0.1, 0.15) is 0 Å². The minimum Gasteiger partial charge on any atom is -0.324 e. The lowest BCUT2D eigenvalue weighted by molar-refractivity contribution is -0.124. The Morgan fingerprint density at radius 2 is 2.09 bits per heavy atom. The second kappa shape index (κ2) is 7.03. The van der Waals surface area contributed by atoms with Crippen LogP contribution in [0.3, 0.4) is 0 Å². The van der Waals surface area contributed by atoms with Gasteiger partial charge in [-0.1, -0.05) is 24.6 Å².